The van der Waals surface area contributed by atoms with Gasteiger partial charge in [0.2, 0.25) is 0 Å². The van der Waals surface area contributed by atoms with Gasteiger partial charge in [0, 0.05) is 19.8 Å². The number of nitrogens with two attached hydrogens (primary N) is 1. The fourth-order valence-electron chi connectivity index (χ4n) is 1.61. The largest absolute Gasteiger partial charge is 0.396 e. The highest BCUT2D eigenvalue weighted by Gasteiger charge is 2.25. The van der Waals surface area contributed by atoms with E-state index in [9.17, 15) is 8.42 Å². The summed E-state index contributed by atoms with van der Waals surface area (Å²) < 4.78 is 23.5. The van der Waals surface area contributed by atoms with Crippen LogP contribution in [0.2, 0.25) is 0 Å². The fourth-order valence-corrected chi connectivity index (χ4v) is 4.12. The minimum absolute atomic E-state index is 0.0725. The third kappa shape index (κ3) is 2.94. The first-order valence-corrected chi connectivity index (χ1v) is 8.27. The first-order valence-electron chi connectivity index (χ1n) is 5.56. The molecule has 0 amide bonds. The quantitative estimate of drug-likeness (QED) is 0.893. The third-order valence-corrected chi connectivity index (χ3v) is 5.06. The molecule has 1 aromatic heterocycles. The third-order valence-electron chi connectivity index (χ3n) is 2.55. The van der Waals surface area contributed by atoms with E-state index in [-0.39, 0.29) is 15.5 Å². The Labute approximate surface area is 112 Å². The van der Waals surface area contributed by atoms with Gasteiger partial charge in [-0.1, -0.05) is 13.3 Å². The van der Waals surface area contributed by atoms with Gasteiger partial charge in [-0.3, -0.25) is 0 Å². The topological polar surface area (TPSA) is 87.2 Å². The van der Waals surface area contributed by atoms with Crippen molar-refractivity contribution in [3.8, 4) is 6.07 Å². The van der Waals surface area contributed by atoms with Crippen molar-refractivity contribution in [1.29, 1.82) is 5.26 Å². The number of nitrogens with zero attached hydrogens (tertiary/aromatic N) is 2. The van der Waals surface area contributed by atoms with Gasteiger partial charge in [0.1, 0.15) is 20.8 Å². The average molecular weight is 287 g/mol. The van der Waals surface area contributed by atoms with Gasteiger partial charge in [0.25, 0.3) is 0 Å². The Balaban J connectivity index is 3.32. The SMILES string of the molecule is CCCCN(C)c1sc(C#N)c(N)c1S(C)(=O)=O. The van der Waals surface area contributed by atoms with Crippen molar-refractivity contribution < 1.29 is 8.42 Å². The summed E-state index contributed by atoms with van der Waals surface area (Å²) in [4.78, 5) is 2.19. The van der Waals surface area contributed by atoms with E-state index >= 15 is 0 Å². The zero-order valence-electron chi connectivity index (χ0n) is 10.7. The molecule has 0 radical (unpaired) electrons. The molecular weight excluding hydrogens is 270 g/mol. The van der Waals surface area contributed by atoms with Crippen LogP contribution in [0.15, 0.2) is 4.90 Å². The summed E-state index contributed by atoms with van der Waals surface area (Å²) in [5, 5.41) is 9.50. The van der Waals surface area contributed by atoms with Gasteiger partial charge in [-0.05, 0) is 6.42 Å². The van der Waals surface area contributed by atoms with E-state index in [2.05, 4.69) is 6.92 Å². The lowest BCUT2D eigenvalue weighted by Gasteiger charge is -2.18. The number of rotatable bonds is 5. The fraction of sp³-hybridized carbons (Fsp3) is 0.545. The summed E-state index contributed by atoms with van der Waals surface area (Å²) in [6.07, 6.45) is 3.09. The zero-order valence-corrected chi connectivity index (χ0v) is 12.4. The van der Waals surface area contributed by atoms with Gasteiger partial charge >= 0.3 is 0 Å². The van der Waals surface area contributed by atoms with Gasteiger partial charge in [0.15, 0.2) is 9.84 Å². The second-order valence-electron chi connectivity index (χ2n) is 4.14. The highest BCUT2D eigenvalue weighted by molar-refractivity contribution is 7.91. The Bertz CT molecular complexity index is 570. The van der Waals surface area contributed by atoms with Gasteiger partial charge in [-0.25, -0.2) is 8.42 Å². The van der Waals surface area contributed by atoms with Crippen molar-refractivity contribution in [3.63, 3.8) is 0 Å². The van der Waals surface area contributed by atoms with Crippen molar-refractivity contribution in [2.45, 2.75) is 24.7 Å². The summed E-state index contributed by atoms with van der Waals surface area (Å²) in [7, 11) is -1.61. The van der Waals surface area contributed by atoms with E-state index in [1.807, 2.05) is 18.0 Å². The average Bonchev–Trinajstić information content (AvgIpc) is 2.62. The van der Waals surface area contributed by atoms with Gasteiger partial charge in [0.05, 0.1) is 5.69 Å². The first kappa shape index (κ1) is 14.8. The molecule has 0 bridgehead atoms. The van der Waals surface area contributed by atoms with Gasteiger partial charge < -0.3 is 10.6 Å². The number of hydrogen-bond donors (Lipinski definition) is 1. The lowest BCUT2D eigenvalue weighted by Crippen LogP contribution is -2.19. The van der Waals surface area contributed by atoms with Crippen molar-refractivity contribution >= 4 is 31.9 Å². The number of anilines is 2. The molecule has 2 N–H and O–H groups in total. The highest BCUT2D eigenvalue weighted by atomic mass is 32.2. The van der Waals surface area contributed by atoms with Crippen molar-refractivity contribution in [2.75, 3.05) is 30.5 Å². The van der Waals surface area contributed by atoms with E-state index in [1.54, 1.807) is 0 Å². The van der Waals surface area contributed by atoms with Crippen LogP contribution in [0.1, 0.15) is 24.6 Å². The Morgan fingerprint density at radius 1 is 1.50 bits per heavy atom. The van der Waals surface area contributed by atoms with E-state index in [1.165, 1.54) is 0 Å². The summed E-state index contributed by atoms with van der Waals surface area (Å²) in [6, 6.07) is 1.94. The zero-order chi connectivity index (χ0) is 13.9. The van der Waals surface area contributed by atoms with Crippen LogP contribution in [0.3, 0.4) is 0 Å². The Hall–Kier alpha value is -1.26. The minimum atomic E-state index is -3.43. The molecule has 5 nitrogen and oxygen atoms in total. The number of sulfone groups is 1. The summed E-state index contributed by atoms with van der Waals surface area (Å²) in [6.45, 7) is 2.80. The minimum Gasteiger partial charge on any atom is -0.396 e. The van der Waals surface area contributed by atoms with Crippen LogP contribution in [0, 0.1) is 11.3 Å². The summed E-state index contributed by atoms with van der Waals surface area (Å²) in [5.41, 5.74) is 5.82. The predicted octanol–water partition coefficient (Wildman–Crippen LogP) is 1.84. The molecule has 0 fully saturated rings. The van der Waals surface area contributed by atoms with Gasteiger partial charge in [-0.2, -0.15) is 5.26 Å². The highest BCUT2D eigenvalue weighted by Crippen LogP contribution is 2.40. The van der Waals surface area contributed by atoms with E-state index in [4.69, 9.17) is 11.0 Å². The Kier molecular flexibility index (Phi) is 4.59. The number of nitrogen functional groups attached to an aromatic ring is 1. The molecule has 0 spiro atoms. The second kappa shape index (κ2) is 5.59. The molecule has 100 valence electrons. The Morgan fingerprint density at radius 2 is 2.11 bits per heavy atom. The normalized spacial score (nSPS) is 11.2. The number of thiophene rings is 1. The molecule has 1 aromatic rings. The molecular formula is C11H17N3O2S2. The molecule has 0 saturated carbocycles. The lowest BCUT2D eigenvalue weighted by atomic mass is 10.3. The van der Waals surface area contributed by atoms with Crippen LogP contribution in [-0.4, -0.2) is 28.3 Å². The summed E-state index contributed by atoms with van der Waals surface area (Å²) in [5.74, 6) is 0. The molecule has 7 heteroatoms. The summed E-state index contributed by atoms with van der Waals surface area (Å²) >= 11 is 1.13. The maximum atomic E-state index is 11.8. The number of nitriles is 1. The predicted molar refractivity (Wildman–Crippen MR) is 74.7 cm³/mol. The maximum absolute atomic E-state index is 11.8. The molecule has 0 aliphatic carbocycles. The molecule has 18 heavy (non-hydrogen) atoms. The van der Waals surface area contributed by atoms with E-state index in [0.29, 0.717) is 5.00 Å². The van der Waals surface area contributed by atoms with Crippen molar-refractivity contribution in [1.82, 2.24) is 0 Å². The maximum Gasteiger partial charge on any atom is 0.180 e. The number of unbranched alkanes of at least 4 members (excludes halogenated alkanes) is 1. The molecule has 0 atom stereocenters. The van der Waals surface area contributed by atoms with Crippen molar-refractivity contribution in [3.05, 3.63) is 4.88 Å². The van der Waals surface area contributed by atoms with Crippen molar-refractivity contribution in [2.24, 2.45) is 0 Å². The number of hydrogen-bond acceptors (Lipinski definition) is 6. The smallest absolute Gasteiger partial charge is 0.180 e. The molecule has 1 heterocycles. The molecule has 1 rings (SSSR count). The second-order valence-corrected chi connectivity index (χ2v) is 7.09. The van der Waals surface area contributed by atoms with Crippen LogP contribution in [0.4, 0.5) is 10.7 Å². The molecule has 0 aromatic carbocycles. The lowest BCUT2D eigenvalue weighted by molar-refractivity contribution is 0.602. The molecule has 0 aliphatic rings. The Morgan fingerprint density at radius 3 is 2.56 bits per heavy atom. The first-order chi connectivity index (χ1) is 8.32. The molecule has 0 unspecified atom stereocenters. The van der Waals surface area contributed by atoms with E-state index < -0.39 is 9.84 Å². The van der Waals surface area contributed by atoms with Gasteiger partial charge in [-0.15, -0.1) is 11.3 Å². The molecule has 0 saturated heterocycles. The van der Waals surface area contributed by atoms with Crippen LogP contribution >= 0.6 is 11.3 Å². The van der Waals surface area contributed by atoms with Crippen LogP contribution < -0.4 is 10.6 Å². The van der Waals surface area contributed by atoms with Crippen LogP contribution in [0.25, 0.3) is 0 Å². The standard InChI is InChI=1S/C11H17N3O2S2/c1-4-5-6-14(2)11-10(18(3,15)16)9(13)8(7-12)17-11/h4-6,13H2,1-3H3. The van der Waals surface area contributed by atoms with Crippen LogP contribution in [0.5, 0.6) is 0 Å². The van der Waals surface area contributed by atoms with E-state index in [0.717, 1.165) is 37.0 Å². The molecule has 0 aliphatic heterocycles. The monoisotopic (exact) mass is 287 g/mol. The van der Waals surface area contributed by atoms with Crippen LogP contribution in [-0.2, 0) is 9.84 Å².